The summed E-state index contributed by atoms with van der Waals surface area (Å²) in [5.74, 6) is 0.791. The lowest BCUT2D eigenvalue weighted by molar-refractivity contribution is 0.926. The molecule has 0 spiro atoms. The first-order valence-corrected chi connectivity index (χ1v) is 5.90. The Morgan fingerprint density at radius 1 is 1.19 bits per heavy atom. The molecule has 0 amide bonds. The van der Waals surface area contributed by atoms with Crippen LogP contribution >= 0.6 is 11.8 Å². The molecule has 2 aromatic rings. The standard InChI is InChI=1S/C10H11N5S/c1-6-3-4-7(5-12-6)8-13-9(11)15-10(14-8)16-2/h3-5H,1-2H3,(H2,11,13,14,15). The molecule has 0 saturated heterocycles. The first kappa shape index (κ1) is 10.8. The Kier molecular flexibility index (Phi) is 3.00. The van der Waals surface area contributed by atoms with Crippen molar-refractivity contribution in [3.63, 3.8) is 0 Å². The molecule has 0 aliphatic carbocycles. The molecule has 0 unspecified atom stereocenters. The van der Waals surface area contributed by atoms with E-state index in [4.69, 9.17) is 5.73 Å². The molecule has 0 radical (unpaired) electrons. The number of rotatable bonds is 2. The Morgan fingerprint density at radius 3 is 2.62 bits per heavy atom. The third-order valence-corrected chi connectivity index (χ3v) is 2.53. The van der Waals surface area contributed by atoms with Gasteiger partial charge in [0.2, 0.25) is 5.95 Å². The molecule has 2 heterocycles. The van der Waals surface area contributed by atoms with Crippen molar-refractivity contribution in [1.82, 2.24) is 19.9 Å². The summed E-state index contributed by atoms with van der Waals surface area (Å²) >= 11 is 1.43. The average molecular weight is 233 g/mol. The molecule has 0 aliphatic rings. The third kappa shape index (κ3) is 2.27. The van der Waals surface area contributed by atoms with E-state index >= 15 is 0 Å². The molecule has 2 aromatic heterocycles. The fourth-order valence-corrected chi connectivity index (χ4v) is 1.56. The summed E-state index contributed by atoms with van der Waals surface area (Å²) in [5, 5.41) is 0.614. The molecule has 2 N–H and O–H groups in total. The van der Waals surface area contributed by atoms with E-state index < -0.39 is 0 Å². The smallest absolute Gasteiger partial charge is 0.224 e. The van der Waals surface area contributed by atoms with Gasteiger partial charge in [0.15, 0.2) is 11.0 Å². The van der Waals surface area contributed by atoms with Crippen molar-refractivity contribution < 1.29 is 0 Å². The van der Waals surface area contributed by atoms with Crippen LogP contribution in [0, 0.1) is 6.92 Å². The van der Waals surface area contributed by atoms with Gasteiger partial charge in [0.1, 0.15) is 0 Å². The highest BCUT2D eigenvalue weighted by atomic mass is 32.2. The Hall–Kier alpha value is -1.69. The number of nitrogen functional groups attached to an aromatic ring is 1. The minimum absolute atomic E-state index is 0.231. The van der Waals surface area contributed by atoms with Gasteiger partial charge in [-0.2, -0.15) is 9.97 Å². The molecule has 16 heavy (non-hydrogen) atoms. The van der Waals surface area contributed by atoms with Gasteiger partial charge < -0.3 is 5.73 Å². The first-order valence-electron chi connectivity index (χ1n) is 4.67. The van der Waals surface area contributed by atoms with Gasteiger partial charge in [0.25, 0.3) is 0 Å². The highest BCUT2D eigenvalue weighted by molar-refractivity contribution is 7.98. The molecule has 0 bridgehead atoms. The van der Waals surface area contributed by atoms with Crippen molar-refractivity contribution in [3.05, 3.63) is 24.0 Å². The number of aryl methyl sites for hydroxylation is 1. The summed E-state index contributed by atoms with van der Waals surface area (Å²) in [6.07, 6.45) is 3.63. The van der Waals surface area contributed by atoms with E-state index in [-0.39, 0.29) is 5.95 Å². The van der Waals surface area contributed by atoms with Crippen LogP contribution in [0.3, 0.4) is 0 Å². The zero-order chi connectivity index (χ0) is 11.5. The molecule has 2 rings (SSSR count). The van der Waals surface area contributed by atoms with E-state index in [2.05, 4.69) is 19.9 Å². The summed E-state index contributed by atoms with van der Waals surface area (Å²) in [6.45, 7) is 1.93. The van der Waals surface area contributed by atoms with Gasteiger partial charge in [-0.3, -0.25) is 4.98 Å². The predicted molar refractivity (Wildman–Crippen MR) is 64.0 cm³/mol. The van der Waals surface area contributed by atoms with Gasteiger partial charge in [-0.25, -0.2) is 4.98 Å². The summed E-state index contributed by atoms with van der Waals surface area (Å²) in [4.78, 5) is 16.5. The second-order valence-electron chi connectivity index (χ2n) is 3.19. The van der Waals surface area contributed by atoms with Crippen molar-refractivity contribution in [2.75, 3.05) is 12.0 Å². The number of pyridine rings is 1. The van der Waals surface area contributed by atoms with E-state index in [0.29, 0.717) is 11.0 Å². The maximum atomic E-state index is 5.61. The van der Waals surface area contributed by atoms with Gasteiger partial charge in [-0.15, -0.1) is 0 Å². The summed E-state index contributed by atoms with van der Waals surface area (Å²) in [7, 11) is 0. The van der Waals surface area contributed by atoms with Crippen LogP contribution in [0.15, 0.2) is 23.5 Å². The normalized spacial score (nSPS) is 10.4. The molecule has 0 atom stereocenters. The minimum Gasteiger partial charge on any atom is -0.368 e. The summed E-state index contributed by atoms with van der Waals surface area (Å²) in [6, 6.07) is 3.83. The van der Waals surface area contributed by atoms with Crippen LogP contribution in [-0.4, -0.2) is 26.2 Å². The van der Waals surface area contributed by atoms with Crippen molar-refractivity contribution in [2.45, 2.75) is 12.1 Å². The van der Waals surface area contributed by atoms with Crippen LogP contribution in [0.5, 0.6) is 0 Å². The largest absolute Gasteiger partial charge is 0.368 e. The van der Waals surface area contributed by atoms with Gasteiger partial charge in [0, 0.05) is 17.5 Å². The van der Waals surface area contributed by atoms with Crippen LogP contribution < -0.4 is 5.73 Å². The van der Waals surface area contributed by atoms with Crippen LogP contribution in [-0.2, 0) is 0 Å². The topological polar surface area (TPSA) is 77.6 Å². The highest BCUT2D eigenvalue weighted by Crippen LogP contribution is 2.17. The van der Waals surface area contributed by atoms with Gasteiger partial charge in [-0.1, -0.05) is 11.8 Å². The minimum atomic E-state index is 0.231. The second-order valence-corrected chi connectivity index (χ2v) is 3.97. The highest BCUT2D eigenvalue weighted by Gasteiger charge is 2.06. The van der Waals surface area contributed by atoms with Crippen molar-refractivity contribution in [3.8, 4) is 11.4 Å². The molecule has 0 fully saturated rings. The molecule has 0 aliphatic heterocycles. The maximum Gasteiger partial charge on any atom is 0.224 e. The quantitative estimate of drug-likeness (QED) is 0.793. The Bertz CT molecular complexity index is 497. The van der Waals surface area contributed by atoms with Crippen LogP contribution in [0.25, 0.3) is 11.4 Å². The predicted octanol–water partition coefficient (Wildman–Crippen LogP) is 1.55. The lowest BCUT2D eigenvalue weighted by Gasteiger charge is -2.02. The number of aromatic nitrogens is 4. The SMILES string of the molecule is CSc1nc(N)nc(-c2ccc(C)nc2)n1. The number of thioether (sulfide) groups is 1. The average Bonchev–Trinajstić information content (AvgIpc) is 2.29. The number of hydrogen-bond donors (Lipinski definition) is 1. The van der Waals surface area contributed by atoms with Gasteiger partial charge in [0.05, 0.1) is 0 Å². The zero-order valence-electron chi connectivity index (χ0n) is 9.01. The van der Waals surface area contributed by atoms with Crippen molar-refractivity contribution >= 4 is 17.7 Å². The zero-order valence-corrected chi connectivity index (χ0v) is 9.82. The molecule has 0 saturated carbocycles. The van der Waals surface area contributed by atoms with Gasteiger partial charge >= 0.3 is 0 Å². The van der Waals surface area contributed by atoms with Crippen LogP contribution in [0.1, 0.15) is 5.69 Å². The Morgan fingerprint density at radius 2 is 2.00 bits per heavy atom. The summed E-state index contributed by atoms with van der Waals surface area (Å²) < 4.78 is 0. The number of nitrogens with zero attached hydrogens (tertiary/aromatic N) is 4. The third-order valence-electron chi connectivity index (χ3n) is 1.98. The number of hydrogen-bond acceptors (Lipinski definition) is 6. The lowest BCUT2D eigenvalue weighted by atomic mass is 10.2. The van der Waals surface area contributed by atoms with E-state index in [1.807, 2.05) is 25.3 Å². The van der Waals surface area contributed by atoms with Crippen LogP contribution in [0.4, 0.5) is 5.95 Å². The van der Waals surface area contributed by atoms with Crippen LogP contribution in [0.2, 0.25) is 0 Å². The fraction of sp³-hybridized carbons (Fsp3) is 0.200. The lowest BCUT2D eigenvalue weighted by Crippen LogP contribution is -2.01. The van der Waals surface area contributed by atoms with Crippen molar-refractivity contribution in [1.29, 1.82) is 0 Å². The summed E-state index contributed by atoms with van der Waals surface area (Å²) in [5.41, 5.74) is 7.40. The van der Waals surface area contributed by atoms with E-state index in [9.17, 15) is 0 Å². The Labute approximate surface area is 97.6 Å². The Balaban J connectivity index is 2.47. The van der Waals surface area contributed by atoms with Crippen molar-refractivity contribution in [2.24, 2.45) is 0 Å². The maximum absolute atomic E-state index is 5.61. The van der Waals surface area contributed by atoms with E-state index in [1.54, 1.807) is 6.20 Å². The fourth-order valence-electron chi connectivity index (χ4n) is 1.19. The van der Waals surface area contributed by atoms with E-state index in [1.165, 1.54) is 11.8 Å². The number of anilines is 1. The molecular formula is C10H11N5S. The molecule has 82 valence electrons. The second kappa shape index (κ2) is 4.44. The molecule has 0 aromatic carbocycles. The molecular weight excluding hydrogens is 222 g/mol. The first-order chi connectivity index (χ1) is 7.69. The monoisotopic (exact) mass is 233 g/mol. The van der Waals surface area contributed by atoms with Gasteiger partial charge in [-0.05, 0) is 25.3 Å². The molecule has 5 nitrogen and oxygen atoms in total. The van der Waals surface area contributed by atoms with E-state index in [0.717, 1.165) is 11.3 Å². The number of nitrogens with two attached hydrogens (primary N) is 1. The molecule has 6 heteroatoms.